The summed E-state index contributed by atoms with van der Waals surface area (Å²) in [5.74, 6) is 21.1. The van der Waals surface area contributed by atoms with Crippen molar-refractivity contribution in [3.8, 4) is 86.9 Å². The summed E-state index contributed by atoms with van der Waals surface area (Å²) in [6, 6.07) is 47.1. The molecule has 0 fully saturated rings. The molecule has 0 spiro atoms. The van der Waals surface area contributed by atoms with Crippen molar-refractivity contribution in [3.63, 3.8) is 0 Å². The number of nitrogens with one attached hydrogen (secondary N) is 3. The van der Waals surface area contributed by atoms with E-state index in [2.05, 4.69) is 96.9 Å². The first-order valence-electron chi connectivity index (χ1n) is 35.0. The number of anilines is 6. The van der Waals surface area contributed by atoms with E-state index < -0.39 is 18.1 Å². The van der Waals surface area contributed by atoms with Crippen LogP contribution in [0.25, 0.3) is 84.1 Å². The molecule has 15 aromatic rings. The Morgan fingerprint density at radius 3 is 1.11 bits per heavy atom. The minimum absolute atomic E-state index is 0.233. The molecule has 9 aromatic heterocycles. The van der Waals surface area contributed by atoms with Crippen LogP contribution in [-0.2, 0) is 0 Å². The molecule has 30 heteroatoms. The number of nitrogens with zero attached hydrogens (tertiary/aromatic N) is 15. The number of para-hydroxylation sites is 3. The van der Waals surface area contributed by atoms with Crippen LogP contribution in [0.1, 0.15) is 97.0 Å². The first-order chi connectivity index (χ1) is 54.5. The molecule has 0 amide bonds. The number of nitrogens with two attached hydrogens (primary N) is 3. The summed E-state index contributed by atoms with van der Waals surface area (Å²) in [5.41, 5.74) is 25.5. The molecule has 0 aliphatic heterocycles. The zero-order valence-electron chi connectivity index (χ0n) is 61.1. The number of fused-ring (bicyclic) bond motifs is 3. The number of benzene rings is 6. The predicted octanol–water partition coefficient (Wildman–Crippen LogP) is 10.1. The van der Waals surface area contributed by atoms with Crippen molar-refractivity contribution in [2.24, 2.45) is 0 Å². The lowest BCUT2D eigenvalue weighted by atomic mass is 10.1. The number of nitrogen functional groups attached to an aromatic ring is 3. The van der Waals surface area contributed by atoms with Gasteiger partial charge in [0, 0.05) is 59.3 Å². The number of aliphatic hydroxyl groups is 3. The Bertz CT molecular complexity index is 6130. The number of aliphatic hydroxyl groups excluding tert-OH is 3. The van der Waals surface area contributed by atoms with Gasteiger partial charge in [0.2, 0.25) is 5.89 Å². The fraction of sp³-hybridized carbons (Fsp3) is 0.159. The minimum atomic E-state index is -0.499. The second-order valence-electron chi connectivity index (χ2n) is 24.9. The van der Waals surface area contributed by atoms with Crippen molar-refractivity contribution in [1.29, 1.82) is 0 Å². The fourth-order valence-corrected chi connectivity index (χ4v) is 12.4. The van der Waals surface area contributed by atoms with Gasteiger partial charge in [-0.05, 0) is 125 Å². The molecule has 112 heavy (non-hydrogen) atoms. The maximum absolute atomic E-state index is 14.0. The van der Waals surface area contributed by atoms with Crippen LogP contribution in [0.15, 0.2) is 210 Å². The molecule has 0 unspecified atom stereocenters. The van der Waals surface area contributed by atoms with Crippen molar-refractivity contribution in [1.82, 2.24) is 74.1 Å². The highest BCUT2D eigenvalue weighted by molar-refractivity contribution is 5.88. The molecule has 12 N–H and O–H groups in total. The largest absolute Gasteiger partial charge is 0.421 e. The molecule has 0 aliphatic rings. The second kappa shape index (κ2) is 33.8. The van der Waals surface area contributed by atoms with E-state index in [1.807, 2.05) is 112 Å². The van der Waals surface area contributed by atoms with Crippen LogP contribution in [0.3, 0.4) is 0 Å². The molecule has 15 rings (SSSR count). The molecule has 0 bridgehead atoms. The Morgan fingerprint density at radius 1 is 0.429 bits per heavy atom. The highest BCUT2D eigenvalue weighted by Gasteiger charge is 2.29. The molecular formula is C82H71N21O9. The van der Waals surface area contributed by atoms with Gasteiger partial charge in [-0.1, -0.05) is 126 Å². The van der Waals surface area contributed by atoms with Crippen LogP contribution in [-0.4, -0.2) is 109 Å². The molecule has 30 nitrogen and oxygen atoms in total. The van der Waals surface area contributed by atoms with E-state index in [1.165, 1.54) is 0 Å². The van der Waals surface area contributed by atoms with E-state index in [0.29, 0.717) is 159 Å². The molecule has 0 radical (unpaired) electrons. The third kappa shape index (κ3) is 15.9. The third-order valence-electron chi connectivity index (χ3n) is 17.4. The molecular weight excluding hydrogens is 1420 g/mol. The molecule has 0 aliphatic carbocycles. The minimum Gasteiger partial charge on any atom is -0.421 e. The summed E-state index contributed by atoms with van der Waals surface area (Å²) in [4.78, 5) is 78.6. The monoisotopic (exact) mass is 1490 g/mol. The predicted molar refractivity (Wildman–Crippen MR) is 425 cm³/mol. The van der Waals surface area contributed by atoms with Gasteiger partial charge in [0.25, 0.3) is 34.3 Å². The fourth-order valence-electron chi connectivity index (χ4n) is 12.4. The molecule has 558 valence electrons. The smallest absolute Gasteiger partial charge is 0.267 e. The van der Waals surface area contributed by atoms with E-state index in [-0.39, 0.29) is 54.2 Å². The van der Waals surface area contributed by atoms with Gasteiger partial charge < -0.3 is 61.9 Å². The van der Waals surface area contributed by atoms with E-state index in [1.54, 1.807) is 126 Å². The van der Waals surface area contributed by atoms with Crippen LogP contribution in [0.5, 0.6) is 0 Å². The maximum atomic E-state index is 14.0. The SMILES string of the molecule is CC[C@H](Nc1nccc(N)c1-c1nc(C)no1)c1nc2cccc(C#CCO)c2c(=O)n1-c1ccccc1.Cc1nnc(-c2c(N)ccnc2N[C@@H](C)c2nc3cccc(C#CCO)c3c(=O)n2-c2ccccc2)o1.Cc1noc(-c2c(N)ccnc2N[C@@H](C)c2nc3cccc(C#CCO)c3c(=O)n2-c2ccccc2)n1. The molecule has 0 saturated heterocycles. The third-order valence-corrected chi connectivity index (χ3v) is 17.4. The lowest BCUT2D eigenvalue weighted by molar-refractivity contribution is 0.350. The Labute approximate surface area is 638 Å². The molecule has 9 heterocycles. The van der Waals surface area contributed by atoms with Crippen LogP contribution in [0, 0.1) is 56.3 Å². The van der Waals surface area contributed by atoms with Crippen LogP contribution < -0.4 is 49.8 Å². The summed E-state index contributed by atoms with van der Waals surface area (Å²) in [7, 11) is 0. The van der Waals surface area contributed by atoms with Crippen LogP contribution in [0.2, 0.25) is 0 Å². The Morgan fingerprint density at radius 2 is 0.777 bits per heavy atom. The average Bonchev–Trinajstić information content (AvgIpc) is 0.959. The van der Waals surface area contributed by atoms with Crippen molar-refractivity contribution >= 4 is 67.2 Å². The Kier molecular flexibility index (Phi) is 22.7. The number of rotatable bonds is 16. The van der Waals surface area contributed by atoms with Gasteiger partial charge in [-0.25, -0.2) is 29.9 Å². The zero-order valence-corrected chi connectivity index (χ0v) is 61.1. The molecule has 6 aromatic carbocycles. The Hall–Kier alpha value is -15.0. The summed E-state index contributed by atoms with van der Waals surface area (Å²) in [6.45, 7) is 9.91. The Balaban J connectivity index is 0.000000147. The summed E-state index contributed by atoms with van der Waals surface area (Å²) in [6.07, 6.45) is 5.29. The van der Waals surface area contributed by atoms with Gasteiger partial charge in [0.05, 0.1) is 67.9 Å². The van der Waals surface area contributed by atoms with Gasteiger partial charge >= 0.3 is 0 Å². The lowest BCUT2D eigenvalue weighted by Gasteiger charge is -2.23. The highest BCUT2D eigenvalue weighted by Crippen LogP contribution is 2.37. The van der Waals surface area contributed by atoms with Crippen molar-refractivity contribution in [2.45, 2.75) is 66.1 Å². The second-order valence-corrected chi connectivity index (χ2v) is 24.9. The lowest BCUT2D eigenvalue weighted by Crippen LogP contribution is -2.28. The first kappa shape index (κ1) is 75.2. The van der Waals surface area contributed by atoms with E-state index >= 15 is 0 Å². The first-order valence-corrected chi connectivity index (χ1v) is 35.0. The van der Waals surface area contributed by atoms with Gasteiger partial charge in [-0.2, -0.15) is 9.97 Å². The van der Waals surface area contributed by atoms with E-state index in [0.717, 1.165) is 0 Å². The van der Waals surface area contributed by atoms with Crippen molar-refractivity contribution in [3.05, 3.63) is 265 Å². The van der Waals surface area contributed by atoms with E-state index in [9.17, 15) is 29.7 Å². The van der Waals surface area contributed by atoms with Crippen molar-refractivity contribution in [2.75, 3.05) is 53.0 Å². The van der Waals surface area contributed by atoms with Crippen LogP contribution >= 0.6 is 0 Å². The highest BCUT2D eigenvalue weighted by atomic mass is 16.5. The topological polar surface area (TPSA) is 435 Å². The summed E-state index contributed by atoms with van der Waals surface area (Å²) in [5, 5.41) is 54.5. The number of aryl methyl sites for hydroxylation is 3. The van der Waals surface area contributed by atoms with Crippen molar-refractivity contribution < 1.29 is 28.8 Å². The maximum Gasteiger partial charge on any atom is 0.267 e. The number of hydrogen-bond acceptors (Lipinski definition) is 27. The summed E-state index contributed by atoms with van der Waals surface area (Å²) >= 11 is 0. The van der Waals surface area contributed by atoms with Crippen LogP contribution in [0.4, 0.5) is 34.5 Å². The number of pyridine rings is 3. The molecule has 0 saturated carbocycles. The van der Waals surface area contributed by atoms with Gasteiger partial charge in [0.1, 0.15) is 71.4 Å². The van der Waals surface area contributed by atoms with Gasteiger partial charge in [0.15, 0.2) is 11.6 Å². The zero-order chi connectivity index (χ0) is 78.5. The average molecular weight is 1490 g/mol. The number of aromatic nitrogens is 15. The summed E-state index contributed by atoms with van der Waals surface area (Å²) < 4.78 is 21.0. The van der Waals surface area contributed by atoms with Gasteiger partial charge in [-0.3, -0.25) is 28.1 Å². The van der Waals surface area contributed by atoms with E-state index in [4.69, 9.17) is 45.6 Å². The number of hydrogen-bond donors (Lipinski definition) is 9. The van der Waals surface area contributed by atoms with Gasteiger partial charge in [-0.15, -0.1) is 10.2 Å². The standard InChI is InChI=1S/C28H25N7O3.2C27H23N7O3/c1-3-21(32-25-24(20(29)14-15-30-25)27-31-17(2)34-38-27)26-33-22-13-7-9-18(10-8-16-36)23(22)28(37)35(26)19-11-5-4-6-12-19;1-16(30-24-23(20(28)13-14-29-24)26-33-32-17(2)37-26)25-31-21-12-6-8-18(9-7-15-35)22(21)27(36)34(25)19-10-4-3-5-11-19;1-16(30-24-23(20(28)13-14-29-24)26-31-17(2)33-37-26)25-32-21-12-6-8-18(9-7-15-35)22(21)27(36)34(25)19-10-4-3-5-11-19/h4-7,9,11-15,21,36H,3,16H2,1-2H3,(H3,29,30,32);2*3-6,8,10-14,16,35H,15H2,1-2H3,(H3,28,29,30)/t21-;2*16-/m000/s1. The molecule has 3 atom stereocenters. The normalized spacial score (nSPS) is 11.7. The quantitative estimate of drug-likeness (QED) is 0.0406.